The van der Waals surface area contributed by atoms with E-state index in [2.05, 4.69) is 27.1 Å². The average molecular weight is 386 g/mol. The lowest BCUT2D eigenvalue weighted by molar-refractivity contribution is -0.124. The lowest BCUT2D eigenvalue weighted by Crippen LogP contribution is -2.26. The maximum atomic E-state index is 12.6. The highest BCUT2D eigenvalue weighted by atomic mass is 32.2. The molecule has 3 amide bonds. The van der Waals surface area contributed by atoms with Crippen molar-refractivity contribution < 1.29 is 14.4 Å². The number of carbonyl (C=O) groups is 3. The Balaban J connectivity index is 1.55. The first kappa shape index (κ1) is 19.2. The fourth-order valence-corrected chi connectivity index (χ4v) is 4.09. The minimum atomic E-state index is -0.486. The first-order chi connectivity index (χ1) is 13.1. The molecular formula is C19H22N4O3S. The molecule has 2 heterocycles. The quantitative estimate of drug-likeness (QED) is 0.533. The van der Waals surface area contributed by atoms with Gasteiger partial charge in [-0.1, -0.05) is 19.1 Å². The summed E-state index contributed by atoms with van der Waals surface area (Å²) in [5.41, 5.74) is 0.520. The SMILES string of the molecule is CCc1nccn1CCCNC(=O)c1ccccc1SC1CC(=O)NC1=O. The van der Waals surface area contributed by atoms with Crippen LogP contribution in [0.5, 0.6) is 0 Å². The summed E-state index contributed by atoms with van der Waals surface area (Å²) in [6.07, 6.45) is 5.55. The second-order valence-corrected chi connectivity index (χ2v) is 7.46. The highest BCUT2D eigenvalue weighted by molar-refractivity contribution is 8.00. The number of aromatic nitrogens is 2. The van der Waals surface area contributed by atoms with E-state index >= 15 is 0 Å². The van der Waals surface area contributed by atoms with Gasteiger partial charge in [0.05, 0.1) is 10.8 Å². The fraction of sp³-hybridized carbons (Fsp3) is 0.368. The number of aryl methyl sites for hydroxylation is 2. The van der Waals surface area contributed by atoms with Crippen LogP contribution in [0.3, 0.4) is 0 Å². The van der Waals surface area contributed by atoms with Gasteiger partial charge >= 0.3 is 0 Å². The maximum Gasteiger partial charge on any atom is 0.252 e. The van der Waals surface area contributed by atoms with Gasteiger partial charge in [-0.15, -0.1) is 11.8 Å². The third-order valence-electron chi connectivity index (χ3n) is 4.31. The van der Waals surface area contributed by atoms with Crippen LogP contribution in [-0.4, -0.2) is 39.1 Å². The number of nitrogens with one attached hydrogen (secondary N) is 2. The van der Waals surface area contributed by atoms with Crippen molar-refractivity contribution in [3.05, 3.63) is 48.0 Å². The number of carbonyl (C=O) groups excluding carboxylic acids is 3. The standard InChI is InChI=1S/C19H22N4O3S/c1-2-16-20-9-11-23(16)10-5-8-21-18(25)13-6-3-4-7-14(13)27-15-12-17(24)22-19(15)26/h3-4,6-7,9,11,15H,2,5,8,10,12H2,1H3,(H,21,25)(H,22,24,26). The summed E-state index contributed by atoms with van der Waals surface area (Å²) in [6.45, 7) is 3.40. The van der Waals surface area contributed by atoms with Gasteiger partial charge in [0, 0.05) is 43.2 Å². The third kappa shape index (κ3) is 4.77. The van der Waals surface area contributed by atoms with Gasteiger partial charge in [0.25, 0.3) is 5.91 Å². The number of nitrogens with zero attached hydrogens (tertiary/aromatic N) is 2. The van der Waals surface area contributed by atoms with E-state index in [1.54, 1.807) is 24.4 Å². The molecule has 27 heavy (non-hydrogen) atoms. The van der Waals surface area contributed by atoms with E-state index in [0.29, 0.717) is 17.0 Å². The number of rotatable bonds is 8. The van der Waals surface area contributed by atoms with E-state index in [9.17, 15) is 14.4 Å². The average Bonchev–Trinajstić information content (AvgIpc) is 3.24. The summed E-state index contributed by atoms with van der Waals surface area (Å²) in [5.74, 6) is 0.286. The Hall–Kier alpha value is -2.61. The molecule has 1 saturated heterocycles. The van der Waals surface area contributed by atoms with E-state index in [1.807, 2.05) is 12.3 Å². The molecule has 1 aromatic carbocycles. The van der Waals surface area contributed by atoms with Crippen molar-refractivity contribution >= 4 is 29.5 Å². The van der Waals surface area contributed by atoms with Gasteiger partial charge in [0.1, 0.15) is 5.82 Å². The van der Waals surface area contributed by atoms with E-state index in [4.69, 9.17) is 0 Å². The van der Waals surface area contributed by atoms with Crippen LogP contribution in [0.1, 0.15) is 35.9 Å². The van der Waals surface area contributed by atoms with Crippen molar-refractivity contribution in [2.45, 2.75) is 42.9 Å². The topological polar surface area (TPSA) is 93.1 Å². The van der Waals surface area contributed by atoms with Crippen molar-refractivity contribution in [1.82, 2.24) is 20.2 Å². The predicted octanol–water partition coefficient (Wildman–Crippen LogP) is 1.77. The lowest BCUT2D eigenvalue weighted by atomic mass is 10.2. The fourth-order valence-electron chi connectivity index (χ4n) is 2.94. The number of amides is 3. The Bertz CT molecular complexity index is 849. The van der Waals surface area contributed by atoms with Crippen molar-refractivity contribution in [2.75, 3.05) is 6.54 Å². The summed E-state index contributed by atoms with van der Waals surface area (Å²) in [6, 6.07) is 7.14. The lowest BCUT2D eigenvalue weighted by Gasteiger charge is -2.12. The number of imide groups is 1. The van der Waals surface area contributed by atoms with Gasteiger partial charge < -0.3 is 9.88 Å². The second kappa shape index (κ2) is 8.85. The minimum Gasteiger partial charge on any atom is -0.352 e. The van der Waals surface area contributed by atoms with Crippen LogP contribution >= 0.6 is 11.8 Å². The Labute approximate surface area is 161 Å². The number of imidazole rings is 1. The van der Waals surface area contributed by atoms with Crippen LogP contribution in [-0.2, 0) is 22.6 Å². The highest BCUT2D eigenvalue weighted by Crippen LogP contribution is 2.30. The minimum absolute atomic E-state index is 0.143. The van der Waals surface area contributed by atoms with Crippen LogP contribution in [0.2, 0.25) is 0 Å². The molecule has 0 aliphatic carbocycles. The Morgan fingerprint density at radius 3 is 2.93 bits per heavy atom. The molecule has 0 saturated carbocycles. The van der Waals surface area contributed by atoms with Crippen LogP contribution in [0.4, 0.5) is 0 Å². The Morgan fingerprint density at radius 1 is 1.37 bits per heavy atom. The molecule has 142 valence electrons. The van der Waals surface area contributed by atoms with Gasteiger partial charge in [-0.25, -0.2) is 4.98 Å². The van der Waals surface area contributed by atoms with Crippen molar-refractivity contribution in [2.24, 2.45) is 0 Å². The van der Waals surface area contributed by atoms with E-state index < -0.39 is 5.25 Å². The summed E-state index contributed by atoms with van der Waals surface area (Å²) in [4.78, 5) is 40.7. The Morgan fingerprint density at radius 2 is 2.19 bits per heavy atom. The van der Waals surface area contributed by atoms with Gasteiger partial charge in [-0.3, -0.25) is 19.7 Å². The molecule has 7 nitrogen and oxygen atoms in total. The van der Waals surface area contributed by atoms with Gasteiger partial charge in [-0.2, -0.15) is 0 Å². The molecule has 3 rings (SSSR count). The number of benzene rings is 1. The smallest absolute Gasteiger partial charge is 0.252 e. The summed E-state index contributed by atoms with van der Waals surface area (Å²) in [5, 5.41) is 4.74. The van der Waals surface area contributed by atoms with Crippen molar-refractivity contribution in [3.63, 3.8) is 0 Å². The van der Waals surface area contributed by atoms with Crippen LogP contribution in [0, 0.1) is 0 Å². The van der Waals surface area contributed by atoms with E-state index in [1.165, 1.54) is 11.8 Å². The molecule has 2 N–H and O–H groups in total. The number of hydrogen-bond donors (Lipinski definition) is 2. The van der Waals surface area contributed by atoms with Crippen LogP contribution in [0.25, 0.3) is 0 Å². The number of hydrogen-bond acceptors (Lipinski definition) is 5. The molecule has 1 aliphatic heterocycles. The molecule has 0 spiro atoms. The van der Waals surface area contributed by atoms with Crippen molar-refractivity contribution in [1.29, 1.82) is 0 Å². The number of thioether (sulfide) groups is 1. The molecule has 2 aromatic rings. The molecular weight excluding hydrogens is 364 g/mol. The summed E-state index contributed by atoms with van der Waals surface area (Å²) >= 11 is 1.25. The largest absolute Gasteiger partial charge is 0.352 e. The molecule has 1 fully saturated rings. The molecule has 0 bridgehead atoms. The summed E-state index contributed by atoms with van der Waals surface area (Å²) in [7, 11) is 0. The maximum absolute atomic E-state index is 12.6. The first-order valence-corrected chi connectivity index (χ1v) is 9.84. The molecule has 1 unspecified atom stereocenters. The molecule has 8 heteroatoms. The predicted molar refractivity (Wildman–Crippen MR) is 102 cm³/mol. The monoisotopic (exact) mass is 386 g/mol. The zero-order valence-corrected chi connectivity index (χ0v) is 15.9. The van der Waals surface area contributed by atoms with E-state index in [0.717, 1.165) is 25.2 Å². The van der Waals surface area contributed by atoms with Gasteiger partial charge in [0.15, 0.2) is 0 Å². The molecule has 0 radical (unpaired) electrons. The first-order valence-electron chi connectivity index (χ1n) is 8.96. The molecule has 1 aromatic heterocycles. The van der Waals surface area contributed by atoms with Crippen LogP contribution < -0.4 is 10.6 Å². The molecule has 1 atom stereocenters. The second-order valence-electron chi connectivity index (χ2n) is 6.22. The Kier molecular flexibility index (Phi) is 6.28. The highest BCUT2D eigenvalue weighted by Gasteiger charge is 2.32. The van der Waals surface area contributed by atoms with Gasteiger partial charge in [0.2, 0.25) is 11.8 Å². The zero-order valence-electron chi connectivity index (χ0n) is 15.1. The van der Waals surface area contributed by atoms with Crippen molar-refractivity contribution in [3.8, 4) is 0 Å². The summed E-state index contributed by atoms with van der Waals surface area (Å²) < 4.78 is 2.09. The van der Waals surface area contributed by atoms with Crippen LogP contribution in [0.15, 0.2) is 41.6 Å². The third-order valence-corrected chi connectivity index (χ3v) is 5.58. The zero-order chi connectivity index (χ0) is 19.2. The normalized spacial score (nSPS) is 16.4. The van der Waals surface area contributed by atoms with E-state index in [-0.39, 0.29) is 24.1 Å². The molecule has 1 aliphatic rings. The van der Waals surface area contributed by atoms with Gasteiger partial charge in [-0.05, 0) is 18.6 Å².